The molecule has 1 aromatic rings. The van der Waals surface area contributed by atoms with Gasteiger partial charge < -0.3 is 20.3 Å². The molecule has 31 heavy (non-hydrogen) atoms. The van der Waals surface area contributed by atoms with Gasteiger partial charge in [-0.2, -0.15) is 0 Å². The molecule has 0 radical (unpaired) electrons. The number of hydrogen-bond donors (Lipinski definition) is 2. The standard InChI is InChI=1S/C24H35N3O4/c1-31-24(30)18-12-14-21(15-13-18)27(17-22(28)26-20-10-6-3-7-11-20)23(29)16-25-19-8-4-2-5-9-19/h12-15,19-20,25H,2-11,16-17H2,1H3,(H,26,28). The Hall–Kier alpha value is -2.41. The molecular weight excluding hydrogens is 394 g/mol. The number of anilines is 1. The van der Waals surface area contributed by atoms with Crippen LogP contribution in [-0.2, 0) is 14.3 Å². The van der Waals surface area contributed by atoms with E-state index in [4.69, 9.17) is 4.74 Å². The lowest BCUT2D eigenvalue weighted by molar-refractivity contribution is -0.124. The molecule has 0 heterocycles. The zero-order valence-electron chi connectivity index (χ0n) is 18.5. The lowest BCUT2D eigenvalue weighted by atomic mass is 9.95. The molecule has 2 saturated carbocycles. The predicted octanol–water partition coefficient (Wildman–Crippen LogP) is 3.18. The Balaban J connectivity index is 1.66. The lowest BCUT2D eigenvalue weighted by Crippen LogP contribution is -2.48. The van der Waals surface area contributed by atoms with Crippen LogP contribution in [0.5, 0.6) is 0 Å². The van der Waals surface area contributed by atoms with Crippen LogP contribution in [-0.4, -0.2) is 50.1 Å². The third kappa shape index (κ3) is 7.06. The Morgan fingerprint density at radius 1 is 0.903 bits per heavy atom. The minimum absolute atomic E-state index is 0.0285. The zero-order chi connectivity index (χ0) is 22.1. The summed E-state index contributed by atoms with van der Waals surface area (Å²) in [6, 6.07) is 7.18. The molecule has 1 aromatic carbocycles. The highest BCUT2D eigenvalue weighted by Crippen LogP contribution is 2.20. The van der Waals surface area contributed by atoms with Crippen molar-refractivity contribution in [2.24, 2.45) is 0 Å². The van der Waals surface area contributed by atoms with Gasteiger partial charge in [0.1, 0.15) is 6.54 Å². The lowest BCUT2D eigenvalue weighted by Gasteiger charge is -2.28. The van der Waals surface area contributed by atoms with E-state index in [-0.39, 0.29) is 30.9 Å². The summed E-state index contributed by atoms with van der Waals surface area (Å²) in [7, 11) is 1.33. The molecule has 3 rings (SSSR count). The van der Waals surface area contributed by atoms with E-state index in [0.29, 0.717) is 17.3 Å². The number of methoxy groups -OCH3 is 1. The number of hydrogen-bond acceptors (Lipinski definition) is 5. The summed E-state index contributed by atoms with van der Waals surface area (Å²) >= 11 is 0. The third-order valence-electron chi connectivity index (χ3n) is 6.32. The molecule has 0 aliphatic heterocycles. The molecule has 2 amide bonds. The van der Waals surface area contributed by atoms with Crippen molar-refractivity contribution in [1.29, 1.82) is 0 Å². The maximum Gasteiger partial charge on any atom is 0.337 e. The minimum atomic E-state index is -0.432. The van der Waals surface area contributed by atoms with Gasteiger partial charge in [0.2, 0.25) is 11.8 Å². The highest BCUT2D eigenvalue weighted by molar-refractivity contribution is 6.00. The molecule has 0 unspecified atom stereocenters. The number of rotatable bonds is 8. The number of benzene rings is 1. The first kappa shape index (κ1) is 23.3. The summed E-state index contributed by atoms with van der Waals surface area (Å²) in [6.45, 7) is 0.166. The maximum absolute atomic E-state index is 13.1. The van der Waals surface area contributed by atoms with Gasteiger partial charge in [-0.15, -0.1) is 0 Å². The Morgan fingerprint density at radius 3 is 2.06 bits per heavy atom. The van der Waals surface area contributed by atoms with E-state index in [1.807, 2.05) is 0 Å². The molecule has 0 atom stereocenters. The average molecular weight is 430 g/mol. The molecule has 7 nitrogen and oxygen atoms in total. The van der Waals surface area contributed by atoms with Crippen molar-refractivity contribution in [3.63, 3.8) is 0 Å². The van der Waals surface area contributed by atoms with Crippen LogP contribution in [0, 0.1) is 0 Å². The number of carbonyl (C=O) groups excluding carboxylic acids is 3. The Morgan fingerprint density at radius 2 is 1.48 bits per heavy atom. The van der Waals surface area contributed by atoms with E-state index in [9.17, 15) is 14.4 Å². The highest BCUT2D eigenvalue weighted by Gasteiger charge is 2.23. The molecule has 2 aliphatic rings. The van der Waals surface area contributed by atoms with Crippen LogP contribution in [0.2, 0.25) is 0 Å². The fraction of sp³-hybridized carbons (Fsp3) is 0.625. The quantitative estimate of drug-likeness (QED) is 0.620. The molecule has 170 valence electrons. The van der Waals surface area contributed by atoms with Gasteiger partial charge in [0.25, 0.3) is 0 Å². The van der Waals surface area contributed by atoms with Gasteiger partial charge in [-0.25, -0.2) is 4.79 Å². The average Bonchev–Trinajstić information content (AvgIpc) is 2.82. The number of esters is 1. The maximum atomic E-state index is 13.1. The van der Waals surface area contributed by atoms with Crippen LogP contribution in [0.25, 0.3) is 0 Å². The van der Waals surface area contributed by atoms with Crippen LogP contribution in [0.3, 0.4) is 0 Å². The van der Waals surface area contributed by atoms with Crippen molar-refractivity contribution in [3.05, 3.63) is 29.8 Å². The van der Waals surface area contributed by atoms with Crippen molar-refractivity contribution in [2.45, 2.75) is 76.3 Å². The molecule has 2 N–H and O–H groups in total. The van der Waals surface area contributed by atoms with Gasteiger partial charge in [-0.05, 0) is 49.9 Å². The summed E-state index contributed by atoms with van der Waals surface area (Å²) in [5, 5.41) is 6.46. The van der Waals surface area contributed by atoms with Crippen molar-refractivity contribution < 1.29 is 19.1 Å². The Kier molecular flexibility index (Phi) is 8.88. The highest BCUT2D eigenvalue weighted by atomic mass is 16.5. The first-order valence-electron chi connectivity index (χ1n) is 11.6. The molecule has 0 saturated heterocycles. The fourth-order valence-electron chi connectivity index (χ4n) is 4.52. The summed E-state index contributed by atoms with van der Waals surface area (Å²) in [5.41, 5.74) is 1.01. The van der Waals surface area contributed by atoms with Gasteiger partial charge in [-0.3, -0.25) is 9.59 Å². The van der Waals surface area contributed by atoms with Crippen molar-refractivity contribution >= 4 is 23.5 Å². The number of nitrogens with zero attached hydrogens (tertiary/aromatic N) is 1. The molecule has 0 spiro atoms. The van der Waals surface area contributed by atoms with Crippen molar-refractivity contribution in [3.8, 4) is 0 Å². The second-order valence-electron chi connectivity index (χ2n) is 8.64. The monoisotopic (exact) mass is 429 g/mol. The molecule has 0 aromatic heterocycles. The van der Waals surface area contributed by atoms with Gasteiger partial charge in [0, 0.05) is 17.8 Å². The first-order chi connectivity index (χ1) is 15.1. The Bertz CT molecular complexity index is 738. The molecule has 2 fully saturated rings. The molecule has 0 bridgehead atoms. The smallest absolute Gasteiger partial charge is 0.337 e. The van der Waals surface area contributed by atoms with Gasteiger partial charge >= 0.3 is 5.97 Å². The van der Waals surface area contributed by atoms with Gasteiger partial charge in [-0.1, -0.05) is 38.5 Å². The predicted molar refractivity (Wildman–Crippen MR) is 120 cm³/mol. The molecule has 2 aliphatic carbocycles. The first-order valence-corrected chi connectivity index (χ1v) is 11.6. The second-order valence-corrected chi connectivity index (χ2v) is 8.64. The molecular formula is C24H35N3O4. The van der Waals surface area contributed by atoms with E-state index in [0.717, 1.165) is 38.5 Å². The van der Waals surface area contributed by atoms with E-state index in [1.54, 1.807) is 24.3 Å². The number of carbonyl (C=O) groups is 3. The van der Waals surface area contributed by atoms with Crippen LogP contribution in [0.1, 0.15) is 74.6 Å². The minimum Gasteiger partial charge on any atom is -0.465 e. The summed E-state index contributed by atoms with van der Waals surface area (Å²) in [5.74, 6) is -0.719. The van der Waals surface area contributed by atoms with E-state index in [2.05, 4.69) is 10.6 Å². The van der Waals surface area contributed by atoms with Crippen molar-refractivity contribution in [1.82, 2.24) is 10.6 Å². The van der Waals surface area contributed by atoms with Crippen molar-refractivity contribution in [2.75, 3.05) is 25.1 Å². The largest absolute Gasteiger partial charge is 0.465 e. The van der Waals surface area contributed by atoms with Crippen LogP contribution in [0.4, 0.5) is 5.69 Å². The third-order valence-corrected chi connectivity index (χ3v) is 6.32. The van der Waals surface area contributed by atoms with Gasteiger partial charge in [0.15, 0.2) is 0 Å². The number of nitrogens with one attached hydrogen (secondary N) is 2. The van der Waals surface area contributed by atoms with E-state index < -0.39 is 5.97 Å². The summed E-state index contributed by atoms with van der Waals surface area (Å²) in [4.78, 5) is 39.0. The second kappa shape index (κ2) is 11.8. The Labute approximate surface area is 184 Å². The fourth-order valence-corrected chi connectivity index (χ4v) is 4.52. The SMILES string of the molecule is COC(=O)c1ccc(N(CC(=O)NC2CCCCC2)C(=O)CNC2CCCCC2)cc1. The molecule has 7 heteroatoms. The van der Waals surface area contributed by atoms with Crippen LogP contribution >= 0.6 is 0 Å². The van der Waals surface area contributed by atoms with Gasteiger partial charge in [0.05, 0.1) is 19.2 Å². The number of amides is 2. The zero-order valence-corrected chi connectivity index (χ0v) is 18.5. The summed E-state index contributed by atoms with van der Waals surface area (Å²) in [6.07, 6.45) is 11.3. The van der Waals surface area contributed by atoms with E-state index in [1.165, 1.54) is 37.7 Å². The number of ether oxygens (including phenoxy) is 1. The van der Waals surface area contributed by atoms with E-state index >= 15 is 0 Å². The van der Waals surface area contributed by atoms with Crippen LogP contribution < -0.4 is 15.5 Å². The topological polar surface area (TPSA) is 87.7 Å². The summed E-state index contributed by atoms with van der Waals surface area (Å²) < 4.78 is 4.75. The normalized spacial score (nSPS) is 17.7. The van der Waals surface area contributed by atoms with Crippen LogP contribution in [0.15, 0.2) is 24.3 Å².